The Labute approximate surface area is 267 Å². The molecule has 0 spiro atoms. The molecule has 10 heteroatoms. The average Bonchev–Trinajstić information content (AvgIpc) is 3.39. The molecule has 1 aliphatic heterocycles. The molecule has 0 saturated carbocycles. The molecule has 9 nitrogen and oxygen atoms in total. The van der Waals surface area contributed by atoms with E-state index < -0.39 is 56.1 Å². The summed E-state index contributed by atoms with van der Waals surface area (Å²) in [4.78, 5) is 39.1. The number of allylic oxidation sites excluding steroid dienone is 1. The molecule has 0 aromatic carbocycles. The van der Waals surface area contributed by atoms with Crippen LogP contribution in [-0.4, -0.2) is 69.1 Å². The van der Waals surface area contributed by atoms with E-state index in [4.69, 9.17) is 23.4 Å². The van der Waals surface area contributed by atoms with Crippen LogP contribution in [0, 0.1) is 5.92 Å². The van der Waals surface area contributed by atoms with Gasteiger partial charge in [-0.15, -0.1) is 0 Å². The average molecular weight is 643 g/mol. The Morgan fingerprint density at radius 3 is 1.95 bits per heavy atom. The predicted molar refractivity (Wildman–Crippen MR) is 175 cm³/mol. The summed E-state index contributed by atoms with van der Waals surface area (Å²) in [5.74, 6) is -4.73. The number of methoxy groups -OCH3 is 1. The number of unbranched alkanes of at least 4 members (excludes halogenated alkanes) is 8. The first-order valence-corrected chi connectivity index (χ1v) is 19.6. The second-order valence-corrected chi connectivity index (χ2v) is 18.7. The molecule has 44 heavy (non-hydrogen) atoms. The molecule has 0 aromatic rings. The van der Waals surface area contributed by atoms with Gasteiger partial charge in [0.15, 0.2) is 19.7 Å². The van der Waals surface area contributed by atoms with E-state index in [1.165, 1.54) is 38.9 Å². The quantitative estimate of drug-likeness (QED) is 0.0543. The lowest BCUT2D eigenvalue weighted by Gasteiger charge is -2.45. The first kappa shape index (κ1) is 40.3. The smallest absolute Gasteiger partial charge is 0.339 e. The van der Waals surface area contributed by atoms with Crippen molar-refractivity contribution in [3.05, 3.63) is 12.2 Å². The van der Waals surface area contributed by atoms with Crippen molar-refractivity contribution in [1.82, 2.24) is 0 Å². The summed E-state index contributed by atoms with van der Waals surface area (Å²) in [6.07, 6.45) is 14.6. The second-order valence-electron chi connectivity index (χ2n) is 13.9. The fraction of sp³-hybridized carbons (Fsp3) is 0.853. The standard InChI is InChI=1S/C34H62O9Si/c1-10-11-12-16-19-22-33(40-24-25-41-33)23-20-17-14-13-15-18-21-28(30(36)37)34(26-29(35)39-7,31(38)42-27(2)3)43-44(8,9)32(4,5)6/h18,21,27-28H,10-17,19-20,22-26H2,1-9H3,(H,36,37)/b21-18+/t28-,34+/m1/s1. The van der Waals surface area contributed by atoms with Crippen LogP contribution in [-0.2, 0) is 37.8 Å². The van der Waals surface area contributed by atoms with Crippen LogP contribution in [0.4, 0.5) is 0 Å². The first-order chi connectivity index (χ1) is 20.6. The Hall–Kier alpha value is -1.75. The zero-order valence-corrected chi connectivity index (χ0v) is 30.1. The van der Waals surface area contributed by atoms with E-state index in [9.17, 15) is 19.5 Å². The maximum Gasteiger partial charge on any atom is 0.339 e. The minimum atomic E-state index is -2.77. The molecule has 1 saturated heterocycles. The van der Waals surface area contributed by atoms with Crippen LogP contribution in [0.5, 0.6) is 0 Å². The molecule has 256 valence electrons. The lowest BCUT2D eigenvalue weighted by molar-refractivity contribution is -0.182. The Kier molecular flexibility index (Phi) is 17.4. The van der Waals surface area contributed by atoms with Gasteiger partial charge in [-0.05, 0) is 57.7 Å². The van der Waals surface area contributed by atoms with E-state index >= 15 is 0 Å². The molecule has 0 aromatic heterocycles. The Morgan fingerprint density at radius 2 is 1.48 bits per heavy atom. The number of carbonyl (C=O) groups is 3. The van der Waals surface area contributed by atoms with Crippen molar-refractivity contribution >= 4 is 26.2 Å². The maximum absolute atomic E-state index is 13.7. The number of carboxylic acid groups (broad SMARTS) is 1. The van der Waals surface area contributed by atoms with Crippen LogP contribution in [0.25, 0.3) is 0 Å². The van der Waals surface area contributed by atoms with Crippen molar-refractivity contribution in [1.29, 1.82) is 0 Å². The van der Waals surface area contributed by atoms with Crippen LogP contribution >= 0.6 is 0 Å². The van der Waals surface area contributed by atoms with Crippen LogP contribution in [0.15, 0.2) is 12.2 Å². The highest BCUT2D eigenvalue weighted by Crippen LogP contribution is 2.43. The summed E-state index contributed by atoms with van der Waals surface area (Å²) in [6.45, 7) is 16.7. The molecule has 1 heterocycles. The third-order valence-electron chi connectivity index (χ3n) is 8.82. The molecule has 0 radical (unpaired) electrons. The third-order valence-corrected chi connectivity index (χ3v) is 13.3. The number of aliphatic carboxylic acids is 1. The maximum atomic E-state index is 13.7. The number of rotatable bonds is 22. The summed E-state index contributed by atoms with van der Waals surface area (Å²) < 4.78 is 29.1. The van der Waals surface area contributed by atoms with Gasteiger partial charge in [0.2, 0.25) is 0 Å². The number of hydrogen-bond acceptors (Lipinski definition) is 8. The second kappa shape index (κ2) is 19.0. The van der Waals surface area contributed by atoms with Gasteiger partial charge in [0.1, 0.15) is 5.92 Å². The van der Waals surface area contributed by atoms with Gasteiger partial charge < -0.3 is 28.5 Å². The van der Waals surface area contributed by atoms with E-state index in [0.29, 0.717) is 19.6 Å². The fourth-order valence-electron chi connectivity index (χ4n) is 5.25. The van der Waals surface area contributed by atoms with Gasteiger partial charge in [-0.3, -0.25) is 9.59 Å². The van der Waals surface area contributed by atoms with Gasteiger partial charge in [-0.2, -0.15) is 0 Å². The van der Waals surface area contributed by atoms with E-state index in [0.717, 1.165) is 44.9 Å². The Morgan fingerprint density at radius 1 is 0.932 bits per heavy atom. The van der Waals surface area contributed by atoms with Crippen molar-refractivity contribution in [3.8, 4) is 0 Å². The van der Waals surface area contributed by atoms with Crippen molar-refractivity contribution in [2.45, 2.75) is 161 Å². The summed E-state index contributed by atoms with van der Waals surface area (Å²) in [6, 6.07) is 0. The molecule has 1 rings (SSSR count). The summed E-state index contributed by atoms with van der Waals surface area (Å²) >= 11 is 0. The van der Waals surface area contributed by atoms with Crippen molar-refractivity contribution in [2.75, 3.05) is 20.3 Å². The fourth-order valence-corrected chi connectivity index (χ4v) is 6.75. The van der Waals surface area contributed by atoms with Crippen molar-refractivity contribution in [2.24, 2.45) is 5.92 Å². The first-order valence-electron chi connectivity index (χ1n) is 16.7. The Bertz CT molecular complexity index is 903. The SMILES string of the molecule is CCCCCCCC1(CCCCCC/C=C/[C@H](C(=O)O)[C@](CC(=O)OC)(O[Si](C)(C)C(C)(C)C)C(=O)OC(C)C)OCCO1. The molecular formula is C34H62O9Si. The highest BCUT2D eigenvalue weighted by atomic mass is 28.4. The van der Waals surface area contributed by atoms with Gasteiger partial charge in [-0.25, -0.2) is 4.79 Å². The summed E-state index contributed by atoms with van der Waals surface area (Å²) in [5, 5.41) is 10.0. The van der Waals surface area contributed by atoms with Crippen LogP contribution < -0.4 is 0 Å². The van der Waals surface area contributed by atoms with Gasteiger partial charge in [0, 0.05) is 12.8 Å². The molecule has 0 aliphatic carbocycles. The van der Waals surface area contributed by atoms with E-state index in [2.05, 4.69) is 6.92 Å². The highest BCUT2D eigenvalue weighted by molar-refractivity contribution is 6.74. The molecule has 1 N–H and O–H groups in total. The van der Waals surface area contributed by atoms with Crippen LogP contribution in [0.1, 0.15) is 125 Å². The third kappa shape index (κ3) is 12.9. The molecular weight excluding hydrogens is 580 g/mol. The molecule has 0 unspecified atom stereocenters. The van der Waals surface area contributed by atoms with E-state index in [1.54, 1.807) is 19.9 Å². The molecule has 1 fully saturated rings. The molecule has 0 bridgehead atoms. The van der Waals surface area contributed by atoms with E-state index in [-0.39, 0.29) is 5.04 Å². The van der Waals surface area contributed by atoms with Gasteiger partial charge >= 0.3 is 17.9 Å². The number of hydrogen-bond donors (Lipinski definition) is 1. The van der Waals surface area contributed by atoms with E-state index in [1.807, 2.05) is 33.9 Å². The van der Waals surface area contributed by atoms with Gasteiger partial charge in [0.05, 0.1) is 32.8 Å². The van der Waals surface area contributed by atoms with Crippen LogP contribution in [0.3, 0.4) is 0 Å². The molecule has 0 amide bonds. The normalized spacial score (nSPS) is 17.5. The lowest BCUT2D eigenvalue weighted by atomic mass is 9.83. The monoisotopic (exact) mass is 642 g/mol. The number of ether oxygens (including phenoxy) is 4. The van der Waals surface area contributed by atoms with Gasteiger partial charge in [0.25, 0.3) is 0 Å². The summed E-state index contributed by atoms with van der Waals surface area (Å²) in [5.41, 5.74) is -2.06. The molecule has 2 atom stereocenters. The lowest BCUT2D eigenvalue weighted by Crippen LogP contribution is -2.60. The zero-order valence-electron chi connectivity index (χ0n) is 29.1. The predicted octanol–water partition coefficient (Wildman–Crippen LogP) is 7.96. The topological polar surface area (TPSA) is 118 Å². The summed E-state index contributed by atoms with van der Waals surface area (Å²) in [7, 11) is -1.56. The number of carbonyl (C=O) groups excluding carboxylic acids is 2. The van der Waals surface area contributed by atoms with Gasteiger partial charge in [-0.1, -0.05) is 78.4 Å². The Balaban J connectivity index is 2.95. The van der Waals surface area contributed by atoms with Crippen LogP contribution in [0.2, 0.25) is 18.1 Å². The largest absolute Gasteiger partial charge is 0.481 e. The minimum Gasteiger partial charge on any atom is -0.481 e. The number of carboxylic acids is 1. The highest BCUT2D eigenvalue weighted by Gasteiger charge is 2.57. The molecule has 1 aliphatic rings. The zero-order chi connectivity index (χ0) is 33.4. The minimum absolute atomic E-state index is 0.360. The van der Waals surface area contributed by atoms with Crippen molar-refractivity contribution in [3.63, 3.8) is 0 Å². The number of esters is 2. The van der Waals surface area contributed by atoms with Crippen molar-refractivity contribution < 1.29 is 42.9 Å².